The summed E-state index contributed by atoms with van der Waals surface area (Å²) in [5.74, 6) is 0. The summed E-state index contributed by atoms with van der Waals surface area (Å²) in [6.45, 7) is 8.90. The van der Waals surface area contributed by atoms with Gasteiger partial charge in [-0.05, 0) is 24.6 Å². The molecule has 0 amide bonds. The highest BCUT2D eigenvalue weighted by Crippen LogP contribution is 2.59. The quantitative estimate of drug-likeness (QED) is 0.444. The van der Waals surface area contributed by atoms with Crippen LogP contribution in [-0.2, 0) is 0 Å². The Bertz CT molecular complexity index is 143. The van der Waals surface area contributed by atoms with Gasteiger partial charge in [0.1, 0.15) is 4.07 Å². The Morgan fingerprint density at radius 1 is 0.857 bits per heavy atom. The van der Waals surface area contributed by atoms with Crippen molar-refractivity contribution in [1.82, 2.24) is 0 Å². The fourth-order valence-electron chi connectivity index (χ4n) is 1.50. The van der Waals surface area contributed by atoms with Gasteiger partial charge in [-0.1, -0.05) is 58.8 Å². The molecular weight excluding hydrogens is 253 g/mol. The highest BCUT2D eigenvalue weighted by molar-refractivity contribution is 7.66. The molecule has 0 aliphatic carbocycles. The van der Waals surface area contributed by atoms with Gasteiger partial charge in [-0.15, -0.1) is 7.92 Å². The number of halogens is 2. The molecule has 0 nitrogen and oxygen atoms in total. The van der Waals surface area contributed by atoms with Crippen molar-refractivity contribution in [3.63, 3.8) is 0 Å². The summed E-state index contributed by atoms with van der Waals surface area (Å²) >= 11 is 12.9. The lowest BCUT2D eigenvalue weighted by molar-refractivity contribution is 1.19. The van der Waals surface area contributed by atoms with E-state index in [1.165, 1.54) is 12.3 Å². The summed E-state index contributed by atoms with van der Waals surface area (Å²) in [5.41, 5.74) is 0. The normalized spacial score (nSPS) is 12.9. The second-order valence-electron chi connectivity index (χ2n) is 3.30. The third kappa shape index (κ3) is 4.98. The monoisotopic (exact) mass is 274 g/mol. The lowest BCUT2D eigenvalue weighted by atomic mass is 10.9. The molecule has 0 rings (SSSR count). The molecule has 0 aliphatic heterocycles. The second-order valence-corrected chi connectivity index (χ2v) is 11.3. The molecule has 0 aromatic carbocycles. The summed E-state index contributed by atoms with van der Waals surface area (Å²) in [7, 11) is -0.132. The van der Waals surface area contributed by atoms with Gasteiger partial charge in [0.05, 0.1) is 0 Å². The second kappa shape index (κ2) is 7.67. The van der Waals surface area contributed by atoms with Gasteiger partial charge in [0, 0.05) is 6.16 Å². The first-order valence-electron chi connectivity index (χ1n) is 5.36. The maximum atomic E-state index is 6.47. The predicted molar refractivity (Wildman–Crippen MR) is 75.3 cm³/mol. The third-order valence-corrected chi connectivity index (χ3v) is 10.2. The fourth-order valence-corrected chi connectivity index (χ4v) is 8.16. The van der Waals surface area contributed by atoms with Gasteiger partial charge in [-0.25, -0.2) is 0 Å². The van der Waals surface area contributed by atoms with Crippen molar-refractivity contribution < 1.29 is 0 Å². The van der Waals surface area contributed by atoms with Gasteiger partial charge in [-0.2, -0.15) is 0 Å². The molecule has 4 heteroatoms. The van der Waals surface area contributed by atoms with Crippen molar-refractivity contribution in [2.45, 2.75) is 31.8 Å². The van der Waals surface area contributed by atoms with Gasteiger partial charge in [0.2, 0.25) is 0 Å². The molecule has 0 aromatic heterocycles. The Kier molecular flexibility index (Phi) is 8.46. The molecule has 0 fully saturated rings. The molecule has 0 N–H and O–H groups in total. The summed E-state index contributed by atoms with van der Waals surface area (Å²) in [6, 6.07) is 0. The summed E-state index contributed by atoms with van der Waals surface area (Å²) in [5, 5.41) is 0. The van der Waals surface area contributed by atoms with Crippen LogP contribution in [0, 0.1) is 0 Å². The Balaban J connectivity index is 4.28. The Labute approximate surface area is 102 Å². The molecule has 0 aromatic rings. The molecule has 0 aliphatic rings. The Morgan fingerprint density at radius 2 is 1.29 bits per heavy atom. The van der Waals surface area contributed by atoms with Crippen LogP contribution in [0.25, 0.3) is 0 Å². The average Bonchev–Trinajstić information content (AvgIpc) is 2.15. The maximum absolute atomic E-state index is 6.47. The largest absolute Gasteiger partial charge is 0.140 e. The van der Waals surface area contributed by atoms with Crippen molar-refractivity contribution in [3.8, 4) is 0 Å². The minimum absolute atomic E-state index is 0.0642. The van der Waals surface area contributed by atoms with Crippen molar-refractivity contribution in [2.75, 3.05) is 30.8 Å². The topological polar surface area (TPSA) is 0 Å². The number of alkyl halides is 2. The molecular formula is C10H22Cl2P2. The van der Waals surface area contributed by atoms with Crippen LogP contribution in [0.5, 0.6) is 0 Å². The van der Waals surface area contributed by atoms with E-state index in [2.05, 4.69) is 27.7 Å². The van der Waals surface area contributed by atoms with Gasteiger partial charge in [0.25, 0.3) is 0 Å². The molecule has 0 saturated heterocycles. The standard InChI is InChI=1S/C10H22Cl2P2/c1-5-13(6-2)9-10(11,12)14(7-3)8-4/h5-9H2,1-4H3. The van der Waals surface area contributed by atoms with E-state index in [-0.39, 0.29) is 15.8 Å². The van der Waals surface area contributed by atoms with Crippen LogP contribution in [0.2, 0.25) is 0 Å². The van der Waals surface area contributed by atoms with Gasteiger partial charge < -0.3 is 0 Å². The number of rotatable bonds is 7. The van der Waals surface area contributed by atoms with Crippen molar-refractivity contribution in [1.29, 1.82) is 0 Å². The minimum atomic E-state index is -0.420. The van der Waals surface area contributed by atoms with E-state index in [1.807, 2.05) is 0 Å². The smallest absolute Gasteiger partial charge is 0.104 e. The van der Waals surface area contributed by atoms with Crippen LogP contribution >= 0.6 is 39.0 Å². The number of hydrogen-bond donors (Lipinski definition) is 0. The van der Waals surface area contributed by atoms with E-state index < -0.39 is 4.07 Å². The Hall–Kier alpha value is 1.44. The van der Waals surface area contributed by atoms with E-state index in [4.69, 9.17) is 23.2 Å². The predicted octanol–water partition coefficient (Wildman–Crippen LogP) is 5.16. The zero-order chi connectivity index (χ0) is 11.2. The molecule has 86 valence electrons. The Morgan fingerprint density at radius 3 is 1.57 bits per heavy atom. The number of hydrogen-bond acceptors (Lipinski definition) is 0. The highest BCUT2D eigenvalue weighted by atomic mass is 35.5. The van der Waals surface area contributed by atoms with Gasteiger partial charge in [-0.3, -0.25) is 0 Å². The van der Waals surface area contributed by atoms with Crippen molar-refractivity contribution in [3.05, 3.63) is 0 Å². The van der Waals surface area contributed by atoms with Gasteiger partial charge >= 0.3 is 0 Å². The van der Waals surface area contributed by atoms with E-state index in [0.717, 1.165) is 18.5 Å². The van der Waals surface area contributed by atoms with Crippen molar-refractivity contribution in [2.24, 2.45) is 0 Å². The summed E-state index contributed by atoms with van der Waals surface area (Å²) in [4.78, 5) is 0. The summed E-state index contributed by atoms with van der Waals surface area (Å²) < 4.78 is -0.420. The maximum Gasteiger partial charge on any atom is 0.140 e. The zero-order valence-electron chi connectivity index (χ0n) is 9.69. The van der Waals surface area contributed by atoms with E-state index in [0.29, 0.717) is 0 Å². The lowest BCUT2D eigenvalue weighted by Crippen LogP contribution is -2.18. The molecule has 0 saturated carbocycles. The zero-order valence-corrected chi connectivity index (χ0v) is 13.0. The SMILES string of the molecule is CCP(CC)CC(Cl)(Cl)P(CC)CC. The van der Waals surface area contributed by atoms with E-state index in [1.54, 1.807) is 0 Å². The first kappa shape index (κ1) is 15.4. The summed E-state index contributed by atoms with van der Waals surface area (Å²) in [6.07, 6.45) is 5.84. The van der Waals surface area contributed by atoms with Crippen LogP contribution in [0.4, 0.5) is 0 Å². The first-order chi connectivity index (χ1) is 6.51. The molecule has 0 spiro atoms. The molecule has 0 radical (unpaired) electrons. The van der Waals surface area contributed by atoms with E-state index >= 15 is 0 Å². The average molecular weight is 275 g/mol. The van der Waals surface area contributed by atoms with Crippen LogP contribution in [0.15, 0.2) is 0 Å². The van der Waals surface area contributed by atoms with Crippen LogP contribution in [-0.4, -0.2) is 34.9 Å². The van der Waals surface area contributed by atoms with Crippen LogP contribution < -0.4 is 0 Å². The minimum Gasteiger partial charge on any atom is -0.104 e. The fraction of sp³-hybridized carbons (Fsp3) is 1.00. The first-order valence-corrected chi connectivity index (χ1v) is 9.73. The van der Waals surface area contributed by atoms with Crippen molar-refractivity contribution >= 4 is 39.0 Å². The van der Waals surface area contributed by atoms with Crippen LogP contribution in [0.3, 0.4) is 0 Å². The van der Waals surface area contributed by atoms with E-state index in [9.17, 15) is 0 Å². The molecule has 0 bridgehead atoms. The highest BCUT2D eigenvalue weighted by Gasteiger charge is 2.33. The molecule has 0 atom stereocenters. The molecule has 0 unspecified atom stereocenters. The van der Waals surface area contributed by atoms with Crippen LogP contribution in [0.1, 0.15) is 27.7 Å². The third-order valence-electron chi connectivity index (χ3n) is 2.53. The molecule has 14 heavy (non-hydrogen) atoms. The lowest BCUT2D eigenvalue weighted by Gasteiger charge is -2.32. The van der Waals surface area contributed by atoms with Gasteiger partial charge in [0.15, 0.2) is 0 Å². The molecule has 0 heterocycles.